The summed E-state index contributed by atoms with van der Waals surface area (Å²) in [5.41, 5.74) is 7.04. The highest BCUT2D eigenvalue weighted by Gasteiger charge is 2.12. The molecule has 0 amide bonds. The average Bonchev–Trinajstić information content (AvgIpc) is 2.96. The second kappa shape index (κ2) is 4.02. The van der Waals surface area contributed by atoms with Gasteiger partial charge in [0.1, 0.15) is 0 Å². The first-order valence-electron chi connectivity index (χ1n) is 5.24. The fourth-order valence-electron chi connectivity index (χ4n) is 1.70. The number of nitrogens with zero attached hydrogens (tertiary/aromatic N) is 2. The third-order valence-electron chi connectivity index (χ3n) is 2.51. The Morgan fingerprint density at radius 1 is 1.47 bits per heavy atom. The van der Waals surface area contributed by atoms with Crippen LogP contribution in [0.1, 0.15) is 0 Å². The Balaban J connectivity index is 1.99. The summed E-state index contributed by atoms with van der Waals surface area (Å²) in [6.07, 6.45) is -0.328. The van der Waals surface area contributed by atoms with Gasteiger partial charge in [-0.1, -0.05) is 0 Å². The van der Waals surface area contributed by atoms with Crippen LogP contribution in [0.15, 0.2) is 28.9 Å². The summed E-state index contributed by atoms with van der Waals surface area (Å²) in [7, 11) is 0. The van der Waals surface area contributed by atoms with Crippen LogP contribution in [0.2, 0.25) is 0 Å². The van der Waals surface area contributed by atoms with Crippen molar-refractivity contribution in [2.75, 3.05) is 5.73 Å². The summed E-state index contributed by atoms with van der Waals surface area (Å²) in [4.78, 5) is 14.3. The van der Waals surface area contributed by atoms with E-state index in [4.69, 9.17) is 15.3 Å². The topological polar surface area (TPSA) is 127 Å². The Kier molecular flexibility index (Phi) is 2.34. The zero-order valence-electron chi connectivity index (χ0n) is 9.45. The lowest BCUT2D eigenvalue weighted by atomic mass is 10.1. The van der Waals surface area contributed by atoms with Crippen molar-refractivity contribution < 1.29 is 19.1 Å². The van der Waals surface area contributed by atoms with Crippen molar-refractivity contribution in [2.45, 2.75) is 0 Å². The quantitative estimate of drug-likeness (QED) is 0.600. The number of oxazole rings is 1. The molecule has 0 radical (unpaired) electrons. The van der Waals surface area contributed by atoms with Crippen LogP contribution in [0.25, 0.3) is 22.4 Å². The summed E-state index contributed by atoms with van der Waals surface area (Å²) in [5.74, 6) is 0.530. The van der Waals surface area contributed by atoms with Crippen molar-refractivity contribution in [1.82, 2.24) is 15.2 Å². The number of hydrogen-bond donors (Lipinski definition) is 3. The number of nitrogen functional groups attached to an aromatic ring is 1. The molecule has 0 unspecified atom stereocenters. The van der Waals surface area contributed by atoms with Gasteiger partial charge in [-0.25, -0.2) is 4.79 Å². The third-order valence-corrected chi connectivity index (χ3v) is 2.51. The van der Waals surface area contributed by atoms with Crippen LogP contribution in [0.4, 0.5) is 10.6 Å². The highest BCUT2D eigenvalue weighted by Crippen LogP contribution is 2.26. The maximum absolute atomic E-state index is 10.4. The minimum absolute atomic E-state index is 0.119. The minimum atomic E-state index is -1.45. The van der Waals surface area contributed by atoms with Crippen molar-refractivity contribution in [2.24, 2.45) is 0 Å². The molecule has 0 aliphatic heterocycles. The molecule has 4 N–H and O–H groups in total. The summed E-state index contributed by atoms with van der Waals surface area (Å²) in [6, 6.07) is 5.26. The van der Waals surface area contributed by atoms with E-state index in [0.717, 1.165) is 17.2 Å². The van der Waals surface area contributed by atoms with Crippen LogP contribution >= 0.6 is 0 Å². The molecule has 8 nitrogen and oxygen atoms in total. The SMILES string of the molecule is Nc1n[nH]c2cc(-c3nc(OC(=O)O)co3)ccc12. The van der Waals surface area contributed by atoms with Crippen molar-refractivity contribution in [3.05, 3.63) is 24.5 Å². The Bertz CT molecular complexity index is 761. The molecule has 0 saturated carbocycles. The number of carbonyl (C=O) groups is 1. The van der Waals surface area contributed by atoms with Gasteiger partial charge >= 0.3 is 6.16 Å². The van der Waals surface area contributed by atoms with Gasteiger partial charge in [0.2, 0.25) is 5.89 Å². The van der Waals surface area contributed by atoms with Crippen molar-refractivity contribution in [1.29, 1.82) is 0 Å². The Hall–Kier alpha value is -3.03. The lowest BCUT2D eigenvalue weighted by molar-refractivity contribution is 0.142. The highest BCUT2D eigenvalue weighted by molar-refractivity contribution is 5.91. The fraction of sp³-hybridized carbons (Fsp3) is 0. The number of nitrogens with one attached hydrogen (secondary N) is 1. The van der Waals surface area contributed by atoms with Gasteiger partial charge in [-0.2, -0.15) is 10.1 Å². The summed E-state index contributed by atoms with van der Waals surface area (Å²) < 4.78 is 9.52. The van der Waals surface area contributed by atoms with E-state index in [9.17, 15) is 4.79 Å². The van der Waals surface area contributed by atoms with Gasteiger partial charge in [0.25, 0.3) is 5.88 Å². The van der Waals surface area contributed by atoms with Gasteiger partial charge in [0, 0.05) is 10.9 Å². The van der Waals surface area contributed by atoms with Crippen LogP contribution in [-0.4, -0.2) is 26.4 Å². The number of benzene rings is 1. The maximum Gasteiger partial charge on any atom is 0.512 e. The lowest BCUT2D eigenvalue weighted by Gasteiger charge is -1.95. The maximum atomic E-state index is 10.4. The largest absolute Gasteiger partial charge is 0.512 e. The van der Waals surface area contributed by atoms with Crippen LogP contribution in [-0.2, 0) is 0 Å². The number of H-pyrrole nitrogens is 1. The van der Waals surface area contributed by atoms with Crippen LogP contribution in [0.3, 0.4) is 0 Å². The Labute approximate surface area is 105 Å². The van der Waals surface area contributed by atoms with Gasteiger partial charge in [-0.15, -0.1) is 0 Å². The van der Waals surface area contributed by atoms with Crippen molar-refractivity contribution in [3.63, 3.8) is 0 Å². The van der Waals surface area contributed by atoms with E-state index in [-0.39, 0.29) is 11.8 Å². The molecule has 96 valence electrons. The molecular weight excluding hydrogens is 252 g/mol. The van der Waals surface area contributed by atoms with Crippen LogP contribution in [0, 0.1) is 0 Å². The number of aromatic amines is 1. The van der Waals surface area contributed by atoms with E-state index in [1.165, 1.54) is 0 Å². The molecule has 0 fully saturated rings. The molecule has 19 heavy (non-hydrogen) atoms. The van der Waals surface area contributed by atoms with E-state index < -0.39 is 6.16 Å². The zero-order chi connectivity index (χ0) is 13.4. The molecule has 0 aliphatic rings. The minimum Gasteiger partial charge on any atom is -0.449 e. The van der Waals surface area contributed by atoms with Gasteiger partial charge in [0.15, 0.2) is 12.1 Å². The number of hydrogen-bond acceptors (Lipinski definition) is 6. The van der Waals surface area contributed by atoms with Gasteiger partial charge in [-0.3, -0.25) is 5.10 Å². The monoisotopic (exact) mass is 260 g/mol. The van der Waals surface area contributed by atoms with E-state index in [2.05, 4.69) is 19.9 Å². The lowest BCUT2D eigenvalue weighted by Crippen LogP contribution is -2.02. The fourth-order valence-corrected chi connectivity index (χ4v) is 1.70. The highest BCUT2D eigenvalue weighted by atomic mass is 16.7. The zero-order valence-corrected chi connectivity index (χ0v) is 9.45. The first-order chi connectivity index (χ1) is 9.13. The first-order valence-corrected chi connectivity index (χ1v) is 5.24. The summed E-state index contributed by atoms with van der Waals surface area (Å²) >= 11 is 0. The van der Waals surface area contributed by atoms with Gasteiger partial charge in [0.05, 0.1) is 5.52 Å². The second-order valence-corrected chi connectivity index (χ2v) is 3.73. The number of ether oxygens (including phenoxy) is 1. The number of fused-ring (bicyclic) bond motifs is 1. The molecule has 2 heterocycles. The molecule has 0 spiro atoms. The predicted molar refractivity (Wildman–Crippen MR) is 64.7 cm³/mol. The Morgan fingerprint density at radius 3 is 3.11 bits per heavy atom. The second-order valence-electron chi connectivity index (χ2n) is 3.73. The van der Waals surface area contributed by atoms with E-state index >= 15 is 0 Å². The molecule has 8 heteroatoms. The molecule has 0 aliphatic carbocycles. The van der Waals surface area contributed by atoms with E-state index in [1.807, 2.05) is 0 Å². The standard InChI is InChI=1S/C11H8N4O4/c12-9-6-2-1-5(3-7(6)14-15-9)10-13-8(4-18-10)19-11(16)17/h1-4H,(H,16,17)(H3,12,14,15). The number of rotatable bonds is 2. The molecule has 3 aromatic rings. The van der Waals surface area contributed by atoms with Crippen molar-refractivity contribution >= 4 is 22.9 Å². The number of carboxylic acid groups (broad SMARTS) is 1. The van der Waals surface area contributed by atoms with Gasteiger partial charge < -0.3 is 20.0 Å². The van der Waals surface area contributed by atoms with E-state index in [0.29, 0.717) is 11.4 Å². The molecule has 0 saturated heterocycles. The third kappa shape index (κ3) is 1.95. The Morgan fingerprint density at radius 2 is 2.32 bits per heavy atom. The summed E-state index contributed by atoms with van der Waals surface area (Å²) in [5, 5.41) is 15.9. The first kappa shape index (κ1) is 11.1. The van der Waals surface area contributed by atoms with Crippen LogP contribution < -0.4 is 10.5 Å². The molecule has 1 aromatic carbocycles. The number of aromatic nitrogens is 3. The average molecular weight is 260 g/mol. The molecule has 2 aromatic heterocycles. The van der Waals surface area contributed by atoms with Gasteiger partial charge in [-0.05, 0) is 18.2 Å². The molecular formula is C11H8N4O4. The molecule has 0 bridgehead atoms. The predicted octanol–water partition coefficient (Wildman–Crippen LogP) is 1.86. The van der Waals surface area contributed by atoms with Crippen molar-refractivity contribution in [3.8, 4) is 17.3 Å². The normalized spacial score (nSPS) is 10.7. The number of nitrogens with two attached hydrogens (primary N) is 1. The smallest absolute Gasteiger partial charge is 0.449 e. The molecule has 0 atom stereocenters. The van der Waals surface area contributed by atoms with E-state index in [1.54, 1.807) is 18.2 Å². The number of anilines is 1. The molecule has 3 rings (SSSR count). The summed E-state index contributed by atoms with van der Waals surface area (Å²) in [6.45, 7) is 0. The van der Waals surface area contributed by atoms with Crippen LogP contribution in [0.5, 0.6) is 5.88 Å².